The van der Waals surface area contributed by atoms with Crippen LogP contribution in [0.5, 0.6) is 0 Å². The average molecular weight is 298 g/mol. The van der Waals surface area contributed by atoms with Crippen LogP contribution in [0.3, 0.4) is 0 Å². The van der Waals surface area contributed by atoms with Crippen molar-refractivity contribution in [3.05, 3.63) is 36.0 Å². The molecule has 0 spiro atoms. The molecular formula is C19H26N2O. The van der Waals surface area contributed by atoms with Crippen molar-refractivity contribution >= 4 is 11.5 Å². The van der Waals surface area contributed by atoms with Gasteiger partial charge < -0.3 is 5.43 Å². The van der Waals surface area contributed by atoms with Crippen molar-refractivity contribution in [2.75, 3.05) is 0 Å². The fourth-order valence-corrected chi connectivity index (χ4v) is 3.59. The number of ketones is 1. The first-order chi connectivity index (χ1) is 10.7. The summed E-state index contributed by atoms with van der Waals surface area (Å²) in [5.41, 5.74) is 5.30. The van der Waals surface area contributed by atoms with Crippen LogP contribution in [0.25, 0.3) is 0 Å². The van der Waals surface area contributed by atoms with Gasteiger partial charge in [-0.05, 0) is 25.7 Å². The minimum atomic E-state index is -0.0825. The number of hydrogen-bond donors (Lipinski definition) is 1. The quantitative estimate of drug-likeness (QED) is 0.785. The zero-order chi connectivity index (χ0) is 15.4. The first-order valence-electron chi connectivity index (χ1n) is 8.67. The molecule has 118 valence electrons. The number of allylic oxidation sites excluding steroid dienone is 6. The van der Waals surface area contributed by atoms with Gasteiger partial charge in [-0.2, -0.15) is 5.10 Å². The number of hydrazone groups is 1. The highest BCUT2D eigenvalue weighted by atomic mass is 16.1. The van der Waals surface area contributed by atoms with Gasteiger partial charge >= 0.3 is 0 Å². The molecule has 2 atom stereocenters. The molecule has 0 aliphatic heterocycles. The van der Waals surface area contributed by atoms with E-state index in [4.69, 9.17) is 0 Å². The summed E-state index contributed by atoms with van der Waals surface area (Å²) in [6.45, 7) is 1.99. The van der Waals surface area contributed by atoms with Gasteiger partial charge in [0.1, 0.15) is 5.71 Å². The van der Waals surface area contributed by atoms with Gasteiger partial charge in [0.25, 0.3) is 0 Å². The zero-order valence-electron chi connectivity index (χ0n) is 13.4. The van der Waals surface area contributed by atoms with Crippen LogP contribution in [0.1, 0.15) is 51.9 Å². The topological polar surface area (TPSA) is 41.5 Å². The Morgan fingerprint density at radius 3 is 2.77 bits per heavy atom. The lowest BCUT2D eigenvalue weighted by Crippen LogP contribution is -2.34. The molecule has 0 aromatic heterocycles. The van der Waals surface area contributed by atoms with Crippen molar-refractivity contribution in [3.63, 3.8) is 0 Å². The monoisotopic (exact) mass is 298 g/mol. The Bertz CT molecular complexity index is 536. The molecule has 3 aliphatic carbocycles. The summed E-state index contributed by atoms with van der Waals surface area (Å²) in [6, 6.07) is 0.443. The zero-order valence-corrected chi connectivity index (χ0v) is 13.4. The molecule has 1 fully saturated rings. The minimum Gasteiger partial charge on any atom is -0.307 e. The van der Waals surface area contributed by atoms with Gasteiger partial charge in [-0.15, -0.1) is 0 Å². The number of fused-ring (bicyclic) bond motifs is 3. The second-order valence-corrected chi connectivity index (χ2v) is 6.74. The second kappa shape index (κ2) is 7.08. The van der Waals surface area contributed by atoms with Crippen LogP contribution in [-0.2, 0) is 4.79 Å². The first kappa shape index (κ1) is 15.3. The lowest BCUT2D eigenvalue weighted by Gasteiger charge is -2.25. The Kier molecular flexibility index (Phi) is 4.91. The van der Waals surface area contributed by atoms with Crippen LogP contribution in [0.4, 0.5) is 0 Å². The average Bonchev–Trinajstić information content (AvgIpc) is 2.52. The highest BCUT2D eigenvalue weighted by Crippen LogP contribution is 2.26. The molecule has 1 N–H and O–H groups in total. The van der Waals surface area contributed by atoms with E-state index < -0.39 is 0 Å². The normalized spacial score (nSPS) is 36.7. The van der Waals surface area contributed by atoms with Crippen molar-refractivity contribution < 1.29 is 4.79 Å². The Labute approximate surface area is 133 Å². The predicted octanol–water partition coefficient (Wildman–Crippen LogP) is 3.93. The highest BCUT2D eigenvalue weighted by Gasteiger charge is 2.28. The van der Waals surface area contributed by atoms with Crippen molar-refractivity contribution in [3.8, 4) is 0 Å². The van der Waals surface area contributed by atoms with Gasteiger partial charge in [-0.3, -0.25) is 4.79 Å². The Morgan fingerprint density at radius 2 is 1.95 bits per heavy atom. The van der Waals surface area contributed by atoms with Crippen LogP contribution in [-0.4, -0.2) is 17.5 Å². The van der Waals surface area contributed by atoms with E-state index in [1.165, 1.54) is 37.7 Å². The lowest BCUT2D eigenvalue weighted by molar-refractivity contribution is -0.115. The molecule has 0 amide bonds. The largest absolute Gasteiger partial charge is 0.307 e. The van der Waals surface area contributed by atoms with Crippen LogP contribution in [0.2, 0.25) is 0 Å². The molecule has 0 aromatic rings. The van der Waals surface area contributed by atoms with Crippen molar-refractivity contribution in [1.82, 2.24) is 5.43 Å². The van der Waals surface area contributed by atoms with E-state index in [9.17, 15) is 4.79 Å². The van der Waals surface area contributed by atoms with Crippen molar-refractivity contribution in [2.45, 2.75) is 57.9 Å². The molecule has 3 aliphatic rings. The Morgan fingerprint density at radius 1 is 1.14 bits per heavy atom. The second-order valence-electron chi connectivity index (χ2n) is 6.74. The molecular weight excluding hydrogens is 272 g/mol. The maximum absolute atomic E-state index is 12.8. The number of carbonyl (C=O) groups excluding carboxylic acids is 1. The van der Waals surface area contributed by atoms with Gasteiger partial charge in [0.05, 0.1) is 0 Å². The van der Waals surface area contributed by atoms with Crippen molar-refractivity contribution in [2.24, 2.45) is 16.9 Å². The summed E-state index contributed by atoms with van der Waals surface area (Å²) in [6.07, 6.45) is 18.7. The summed E-state index contributed by atoms with van der Waals surface area (Å²) < 4.78 is 0. The number of nitrogens with zero attached hydrogens (tertiary/aromatic N) is 1. The molecule has 0 saturated heterocycles. The number of nitrogens with one attached hydrogen (secondary N) is 1. The predicted molar refractivity (Wildman–Crippen MR) is 90.7 cm³/mol. The standard InChI is InChI=1S/C19H26N2O/c1-14-13-15-7-5-6-8-16(12-11-15)18(19(14)22)21-20-17-9-3-2-4-10-17/h5-8,13-14,16-17,20H,2-4,9-12H2,1H3/b7-5-,8-6-,15-13-,21-18-. The van der Waals surface area contributed by atoms with Gasteiger partial charge in [0.2, 0.25) is 0 Å². The minimum absolute atomic E-state index is 0.0825. The maximum atomic E-state index is 12.8. The molecule has 0 radical (unpaired) electrons. The fraction of sp³-hybridized carbons (Fsp3) is 0.579. The van der Waals surface area contributed by atoms with Crippen LogP contribution < -0.4 is 5.43 Å². The molecule has 22 heavy (non-hydrogen) atoms. The van der Waals surface area contributed by atoms with E-state index in [1.807, 2.05) is 6.92 Å². The third-order valence-corrected chi connectivity index (χ3v) is 4.96. The Hall–Kier alpha value is -1.64. The van der Waals surface area contributed by atoms with Crippen LogP contribution in [0, 0.1) is 11.8 Å². The highest BCUT2D eigenvalue weighted by molar-refractivity contribution is 6.42. The van der Waals surface area contributed by atoms with Gasteiger partial charge in [-0.25, -0.2) is 0 Å². The summed E-state index contributed by atoms with van der Waals surface area (Å²) in [5.74, 6) is 0.228. The van der Waals surface area contributed by atoms with E-state index in [0.29, 0.717) is 6.04 Å². The SMILES string of the molecule is CC1/C=C2/C=C\C=C/C(CC2)/C(=N/NC2CCCCC2)C1=O. The molecule has 2 unspecified atom stereocenters. The number of hydrogen-bond acceptors (Lipinski definition) is 3. The van der Waals surface area contributed by atoms with E-state index in [-0.39, 0.29) is 17.6 Å². The van der Waals surface area contributed by atoms with E-state index in [2.05, 4.69) is 40.9 Å². The van der Waals surface area contributed by atoms with Crippen LogP contribution >= 0.6 is 0 Å². The number of Topliss-reactive ketones (excluding diaryl/α,β-unsaturated/α-hetero) is 1. The summed E-state index contributed by atoms with van der Waals surface area (Å²) in [4.78, 5) is 12.8. The summed E-state index contributed by atoms with van der Waals surface area (Å²) in [7, 11) is 0. The molecule has 0 aromatic carbocycles. The molecule has 3 heteroatoms. The van der Waals surface area contributed by atoms with E-state index in [0.717, 1.165) is 18.6 Å². The third kappa shape index (κ3) is 3.57. The van der Waals surface area contributed by atoms with E-state index in [1.54, 1.807) is 0 Å². The number of rotatable bonds is 2. The fourth-order valence-electron chi connectivity index (χ4n) is 3.59. The molecule has 0 heterocycles. The van der Waals surface area contributed by atoms with Crippen molar-refractivity contribution in [1.29, 1.82) is 0 Å². The van der Waals surface area contributed by atoms with Gasteiger partial charge in [0.15, 0.2) is 5.78 Å². The Balaban J connectivity index is 1.83. The summed E-state index contributed by atoms with van der Waals surface area (Å²) in [5, 5.41) is 4.60. The summed E-state index contributed by atoms with van der Waals surface area (Å²) >= 11 is 0. The van der Waals surface area contributed by atoms with Crippen LogP contribution in [0.15, 0.2) is 41.1 Å². The molecule has 2 bridgehead atoms. The third-order valence-electron chi connectivity index (χ3n) is 4.96. The lowest BCUT2D eigenvalue weighted by atomic mass is 9.83. The van der Waals surface area contributed by atoms with Gasteiger partial charge in [-0.1, -0.05) is 62.1 Å². The molecule has 1 saturated carbocycles. The van der Waals surface area contributed by atoms with Gasteiger partial charge in [0, 0.05) is 17.9 Å². The number of carbonyl (C=O) groups is 1. The molecule has 3 rings (SSSR count). The molecule has 3 nitrogen and oxygen atoms in total. The van der Waals surface area contributed by atoms with E-state index >= 15 is 0 Å². The first-order valence-corrected chi connectivity index (χ1v) is 8.67. The maximum Gasteiger partial charge on any atom is 0.185 e. The smallest absolute Gasteiger partial charge is 0.185 e.